The van der Waals surface area contributed by atoms with E-state index in [4.69, 9.17) is 29.9 Å². The van der Waals surface area contributed by atoms with Crippen molar-refractivity contribution in [1.82, 2.24) is 44.3 Å². The second-order valence-corrected chi connectivity index (χ2v) is 12.6. The van der Waals surface area contributed by atoms with Crippen LogP contribution in [0.2, 0.25) is 0 Å². The summed E-state index contributed by atoms with van der Waals surface area (Å²) in [6.45, 7) is 0. The van der Waals surface area contributed by atoms with Crippen molar-refractivity contribution in [3.63, 3.8) is 0 Å². The van der Waals surface area contributed by atoms with E-state index >= 15 is 0 Å². The highest BCUT2D eigenvalue weighted by atomic mass is 15.1. The summed E-state index contributed by atoms with van der Waals surface area (Å²) < 4.78 is 2.29. The predicted octanol–water partition coefficient (Wildman–Crippen LogP) is 9.41. The molecular formula is C44H27N9. The van der Waals surface area contributed by atoms with Gasteiger partial charge in [0, 0.05) is 52.4 Å². The zero-order chi connectivity index (χ0) is 35.1. The number of rotatable bonds is 6. The molecule has 0 fully saturated rings. The molecule has 10 aromatic rings. The van der Waals surface area contributed by atoms with E-state index < -0.39 is 0 Å². The molecule has 3 aromatic carbocycles. The van der Waals surface area contributed by atoms with Crippen LogP contribution >= 0.6 is 0 Å². The Bertz CT molecular complexity index is 2820. The smallest absolute Gasteiger partial charge is 0.182 e. The normalized spacial score (nSPS) is 11.4. The van der Waals surface area contributed by atoms with Crippen LogP contribution in [-0.4, -0.2) is 44.3 Å². The minimum absolute atomic E-state index is 0.433. The molecule has 10 rings (SSSR count). The Morgan fingerprint density at radius 1 is 0.358 bits per heavy atom. The molecule has 0 unspecified atom stereocenters. The van der Waals surface area contributed by atoms with Crippen LogP contribution in [0.1, 0.15) is 0 Å². The third-order valence-corrected chi connectivity index (χ3v) is 9.24. The van der Waals surface area contributed by atoms with Crippen LogP contribution < -0.4 is 0 Å². The summed E-state index contributed by atoms with van der Waals surface area (Å²) >= 11 is 0. The molecule has 0 radical (unpaired) electrons. The first kappa shape index (κ1) is 30.3. The average Bonchev–Trinajstić information content (AvgIpc) is 3.64. The lowest BCUT2D eigenvalue weighted by Gasteiger charge is -2.11. The number of hydrogen-bond donors (Lipinski definition) is 0. The van der Waals surface area contributed by atoms with Gasteiger partial charge in [0.1, 0.15) is 11.4 Å². The second kappa shape index (κ2) is 12.7. The SMILES string of the molecule is c1ccc(-c2ccc(-c3nc(-c4cccc(-c5nc6ccccc6n6c5cc5ccccc56)c4)nc(-c4ccc(-c5ccccn5)cn4)n3)nc2)nc1. The molecule has 0 aliphatic rings. The van der Waals surface area contributed by atoms with Crippen LogP contribution in [0.4, 0.5) is 0 Å². The quantitative estimate of drug-likeness (QED) is 0.171. The summed E-state index contributed by atoms with van der Waals surface area (Å²) in [4.78, 5) is 38.5. The molecule has 0 saturated heterocycles. The Balaban J connectivity index is 1.12. The van der Waals surface area contributed by atoms with E-state index in [1.165, 1.54) is 0 Å². The van der Waals surface area contributed by atoms with Crippen LogP contribution in [-0.2, 0) is 0 Å². The molecule has 9 heteroatoms. The summed E-state index contributed by atoms with van der Waals surface area (Å²) in [6.07, 6.45) is 7.12. The lowest BCUT2D eigenvalue weighted by Crippen LogP contribution is -2.02. The van der Waals surface area contributed by atoms with Gasteiger partial charge in [-0.1, -0.05) is 60.7 Å². The molecule has 248 valence electrons. The third-order valence-electron chi connectivity index (χ3n) is 9.24. The Morgan fingerprint density at radius 2 is 0.962 bits per heavy atom. The highest BCUT2D eigenvalue weighted by Gasteiger charge is 2.18. The van der Waals surface area contributed by atoms with Gasteiger partial charge in [-0.25, -0.2) is 19.9 Å². The van der Waals surface area contributed by atoms with E-state index in [1.807, 2.05) is 78.9 Å². The van der Waals surface area contributed by atoms with Gasteiger partial charge in [-0.2, -0.15) is 0 Å². The van der Waals surface area contributed by atoms with E-state index in [9.17, 15) is 0 Å². The highest BCUT2D eigenvalue weighted by Crippen LogP contribution is 2.34. The molecule has 0 N–H and O–H groups in total. The van der Waals surface area contributed by atoms with Crippen molar-refractivity contribution in [2.45, 2.75) is 0 Å². The fraction of sp³-hybridized carbons (Fsp3) is 0. The van der Waals surface area contributed by atoms with Crippen LogP contribution in [0.3, 0.4) is 0 Å². The molecule has 53 heavy (non-hydrogen) atoms. The van der Waals surface area contributed by atoms with Gasteiger partial charge in [0.25, 0.3) is 0 Å². The number of nitrogens with zero attached hydrogens (tertiary/aromatic N) is 9. The third kappa shape index (κ3) is 5.53. The number of para-hydroxylation sites is 3. The summed E-state index contributed by atoms with van der Waals surface area (Å²) in [7, 11) is 0. The van der Waals surface area contributed by atoms with Gasteiger partial charge in [0.05, 0.1) is 39.1 Å². The Labute approximate surface area is 303 Å². The Kier molecular flexibility index (Phi) is 7.25. The Hall–Kier alpha value is -7.52. The van der Waals surface area contributed by atoms with E-state index in [0.29, 0.717) is 28.9 Å². The molecule has 0 bridgehead atoms. The van der Waals surface area contributed by atoms with Crippen molar-refractivity contribution in [3.05, 3.63) is 164 Å². The van der Waals surface area contributed by atoms with Crippen molar-refractivity contribution in [2.75, 3.05) is 0 Å². The van der Waals surface area contributed by atoms with E-state index in [-0.39, 0.29) is 0 Å². The summed E-state index contributed by atoms with van der Waals surface area (Å²) in [5.41, 5.74) is 11.4. The summed E-state index contributed by atoms with van der Waals surface area (Å²) in [5.74, 6) is 1.36. The number of benzene rings is 3. The number of pyridine rings is 4. The topological polar surface area (TPSA) is 108 Å². The molecule has 0 spiro atoms. The monoisotopic (exact) mass is 681 g/mol. The lowest BCUT2D eigenvalue weighted by atomic mass is 10.1. The number of hydrogen-bond acceptors (Lipinski definition) is 8. The van der Waals surface area contributed by atoms with Crippen LogP contribution in [0.5, 0.6) is 0 Å². The van der Waals surface area contributed by atoms with Crippen LogP contribution in [0.25, 0.3) is 95.6 Å². The van der Waals surface area contributed by atoms with Crippen molar-refractivity contribution in [2.24, 2.45) is 0 Å². The van der Waals surface area contributed by atoms with E-state index in [1.54, 1.807) is 24.8 Å². The zero-order valence-corrected chi connectivity index (χ0v) is 28.1. The molecule has 0 saturated carbocycles. The fourth-order valence-corrected chi connectivity index (χ4v) is 6.69. The van der Waals surface area contributed by atoms with Crippen LogP contribution in [0.15, 0.2) is 164 Å². The summed E-state index contributed by atoms with van der Waals surface area (Å²) in [6, 6.07) is 46.5. The van der Waals surface area contributed by atoms with E-state index in [0.717, 1.165) is 66.8 Å². The molecular weight excluding hydrogens is 655 g/mol. The van der Waals surface area contributed by atoms with Crippen molar-refractivity contribution < 1.29 is 0 Å². The largest absolute Gasteiger partial charge is 0.306 e. The molecule has 9 nitrogen and oxygen atoms in total. The lowest BCUT2D eigenvalue weighted by molar-refractivity contribution is 1.05. The second-order valence-electron chi connectivity index (χ2n) is 12.6. The molecule has 7 heterocycles. The molecule has 0 amide bonds. The van der Waals surface area contributed by atoms with Crippen molar-refractivity contribution in [1.29, 1.82) is 0 Å². The molecule has 7 aromatic heterocycles. The highest BCUT2D eigenvalue weighted by molar-refractivity contribution is 5.98. The van der Waals surface area contributed by atoms with Gasteiger partial charge in [0.2, 0.25) is 0 Å². The number of aromatic nitrogens is 9. The first-order chi connectivity index (χ1) is 26.2. The van der Waals surface area contributed by atoms with Crippen LogP contribution in [0, 0.1) is 0 Å². The van der Waals surface area contributed by atoms with Gasteiger partial charge in [0.15, 0.2) is 17.5 Å². The van der Waals surface area contributed by atoms with Gasteiger partial charge in [-0.15, -0.1) is 0 Å². The Morgan fingerprint density at radius 3 is 1.60 bits per heavy atom. The molecule has 0 aliphatic heterocycles. The standard InChI is InChI=1S/C44H27N9/c1-3-16-38-28(10-1)25-40-41(49-35-15-2-4-17-39(35)53(38)40)29-11-9-12-30(24-29)42-50-43(36-20-18-31(26-47-36)33-13-5-7-22-45-33)52-44(51-42)37-21-19-32(27-48-37)34-14-6-8-23-46-34/h1-27H. The first-order valence-corrected chi connectivity index (χ1v) is 17.2. The van der Waals surface area contributed by atoms with Crippen molar-refractivity contribution >= 4 is 27.5 Å². The molecule has 0 aliphatic carbocycles. The van der Waals surface area contributed by atoms with Gasteiger partial charge >= 0.3 is 0 Å². The average molecular weight is 682 g/mol. The van der Waals surface area contributed by atoms with Crippen molar-refractivity contribution in [3.8, 4) is 68.2 Å². The zero-order valence-electron chi connectivity index (χ0n) is 28.1. The van der Waals surface area contributed by atoms with E-state index in [2.05, 4.69) is 75.0 Å². The number of fused-ring (bicyclic) bond motifs is 5. The van der Waals surface area contributed by atoms with Gasteiger partial charge in [-0.3, -0.25) is 19.9 Å². The summed E-state index contributed by atoms with van der Waals surface area (Å²) in [5, 5.41) is 1.15. The fourth-order valence-electron chi connectivity index (χ4n) is 6.69. The maximum absolute atomic E-state index is 5.20. The van der Waals surface area contributed by atoms with Gasteiger partial charge in [-0.05, 0) is 78.9 Å². The van der Waals surface area contributed by atoms with Gasteiger partial charge < -0.3 is 4.40 Å². The minimum Gasteiger partial charge on any atom is -0.306 e. The minimum atomic E-state index is 0.433. The first-order valence-electron chi connectivity index (χ1n) is 17.2. The predicted molar refractivity (Wildman–Crippen MR) is 207 cm³/mol. The maximum atomic E-state index is 5.20. The molecule has 0 atom stereocenters. The maximum Gasteiger partial charge on any atom is 0.182 e.